The molecule has 25 heavy (non-hydrogen) atoms. The number of anilines is 1. The normalized spacial score (nSPS) is 12.9. The molecule has 0 bridgehead atoms. The Bertz CT molecular complexity index is 713. The van der Waals surface area contributed by atoms with E-state index in [1.54, 1.807) is 31.9 Å². The first-order valence-electron chi connectivity index (χ1n) is 7.43. The molecule has 6 nitrogen and oxygen atoms in total. The minimum absolute atomic E-state index is 0.271. The number of carbonyl (C=O) groups excluding carboxylic acids is 1. The summed E-state index contributed by atoms with van der Waals surface area (Å²) in [7, 11) is 1.73. The fourth-order valence-electron chi connectivity index (χ4n) is 2.08. The van der Waals surface area contributed by atoms with Crippen molar-refractivity contribution in [1.29, 1.82) is 0 Å². The first kappa shape index (κ1) is 18.8. The average Bonchev–Trinajstić information content (AvgIpc) is 2.92. The second-order valence-corrected chi connectivity index (χ2v) is 5.59. The predicted octanol–water partition coefficient (Wildman–Crippen LogP) is 3.34. The van der Waals surface area contributed by atoms with Crippen molar-refractivity contribution in [1.82, 2.24) is 10.1 Å². The van der Waals surface area contributed by atoms with Gasteiger partial charge in [-0.3, -0.25) is 9.69 Å². The molecule has 0 aliphatic rings. The second-order valence-electron chi connectivity index (χ2n) is 5.59. The van der Waals surface area contributed by atoms with Gasteiger partial charge in [-0.25, -0.2) is 0 Å². The molecule has 1 aromatic heterocycles. The van der Waals surface area contributed by atoms with Crippen LogP contribution in [0.2, 0.25) is 0 Å². The Hall–Kier alpha value is -2.55. The SMILES string of the molecule is Cc1cc(NC(=O)C(C)N(C)Cc2ccc(OC(F)(F)F)cc2)no1. The number of aryl methyl sites for hydroxylation is 1. The molecule has 136 valence electrons. The van der Waals surface area contributed by atoms with E-state index in [-0.39, 0.29) is 11.7 Å². The molecular formula is C16H18F3N3O3. The van der Waals surface area contributed by atoms with Gasteiger partial charge in [0.05, 0.1) is 6.04 Å². The third-order valence-electron chi connectivity index (χ3n) is 3.51. The van der Waals surface area contributed by atoms with E-state index in [1.807, 2.05) is 0 Å². The van der Waals surface area contributed by atoms with E-state index in [1.165, 1.54) is 24.3 Å². The van der Waals surface area contributed by atoms with E-state index in [0.717, 1.165) is 5.56 Å². The van der Waals surface area contributed by atoms with Gasteiger partial charge in [0.15, 0.2) is 5.82 Å². The van der Waals surface area contributed by atoms with Gasteiger partial charge in [0, 0.05) is 12.6 Å². The lowest BCUT2D eigenvalue weighted by molar-refractivity contribution is -0.274. The molecule has 0 fully saturated rings. The molecule has 1 atom stereocenters. The van der Waals surface area contributed by atoms with Gasteiger partial charge in [-0.1, -0.05) is 17.3 Å². The molecule has 0 saturated heterocycles. The quantitative estimate of drug-likeness (QED) is 0.859. The smallest absolute Gasteiger partial charge is 0.406 e. The van der Waals surface area contributed by atoms with E-state index in [2.05, 4.69) is 15.2 Å². The monoisotopic (exact) mass is 357 g/mol. The van der Waals surface area contributed by atoms with Crippen molar-refractivity contribution < 1.29 is 27.2 Å². The van der Waals surface area contributed by atoms with Gasteiger partial charge in [0.25, 0.3) is 0 Å². The van der Waals surface area contributed by atoms with Crippen molar-refractivity contribution in [2.24, 2.45) is 0 Å². The van der Waals surface area contributed by atoms with Crippen molar-refractivity contribution in [3.05, 3.63) is 41.7 Å². The fourth-order valence-corrected chi connectivity index (χ4v) is 2.08. The topological polar surface area (TPSA) is 67.6 Å². The number of rotatable bonds is 6. The lowest BCUT2D eigenvalue weighted by atomic mass is 10.2. The van der Waals surface area contributed by atoms with Crippen molar-refractivity contribution in [2.75, 3.05) is 12.4 Å². The fraction of sp³-hybridized carbons (Fsp3) is 0.375. The van der Waals surface area contributed by atoms with Gasteiger partial charge in [-0.15, -0.1) is 13.2 Å². The summed E-state index contributed by atoms with van der Waals surface area (Å²) in [6.45, 7) is 3.80. The predicted molar refractivity (Wildman–Crippen MR) is 83.9 cm³/mol. The van der Waals surface area contributed by atoms with Crippen LogP contribution in [-0.2, 0) is 11.3 Å². The van der Waals surface area contributed by atoms with E-state index < -0.39 is 12.4 Å². The molecule has 0 spiro atoms. The number of likely N-dealkylation sites (N-methyl/N-ethyl adjacent to an activating group) is 1. The zero-order valence-corrected chi connectivity index (χ0v) is 13.9. The maximum absolute atomic E-state index is 12.2. The summed E-state index contributed by atoms with van der Waals surface area (Å²) in [5.74, 6) is 0.354. The summed E-state index contributed by atoms with van der Waals surface area (Å²) in [5.41, 5.74) is 0.744. The highest BCUT2D eigenvalue weighted by atomic mass is 19.4. The van der Waals surface area contributed by atoms with Crippen LogP contribution in [0.25, 0.3) is 0 Å². The Morgan fingerprint density at radius 2 is 2.00 bits per heavy atom. The number of hydrogen-bond acceptors (Lipinski definition) is 5. The number of halogens is 3. The number of benzene rings is 1. The van der Waals surface area contributed by atoms with E-state index in [4.69, 9.17) is 4.52 Å². The number of hydrogen-bond donors (Lipinski definition) is 1. The van der Waals surface area contributed by atoms with Gasteiger partial charge < -0.3 is 14.6 Å². The molecule has 0 radical (unpaired) electrons. The third kappa shape index (κ3) is 5.79. The van der Waals surface area contributed by atoms with Crippen LogP contribution in [0.4, 0.5) is 19.0 Å². The van der Waals surface area contributed by atoms with Crippen molar-refractivity contribution in [2.45, 2.75) is 32.8 Å². The van der Waals surface area contributed by atoms with E-state index in [9.17, 15) is 18.0 Å². The molecule has 1 N–H and O–H groups in total. The second kappa shape index (κ2) is 7.56. The number of ether oxygens (including phenoxy) is 1. The summed E-state index contributed by atoms with van der Waals surface area (Å²) >= 11 is 0. The first-order chi connectivity index (χ1) is 11.6. The molecular weight excluding hydrogens is 339 g/mol. The summed E-state index contributed by atoms with van der Waals surface area (Å²) in [6.07, 6.45) is -4.72. The standard InChI is InChI=1S/C16H18F3N3O3/c1-10-8-14(21-25-10)20-15(23)11(2)22(3)9-12-4-6-13(7-5-12)24-16(17,18)19/h4-8,11H,9H2,1-3H3,(H,20,21,23). The molecule has 1 aromatic carbocycles. The van der Waals surface area contributed by atoms with Gasteiger partial charge in [-0.2, -0.15) is 0 Å². The summed E-state index contributed by atoms with van der Waals surface area (Å²) in [5, 5.41) is 6.32. The molecule has 9 heteroatoms. The molecule has 2 rings (SSSR count). The van der Waals surface area contributed by atoms with Crippen LogP contribution in [0.15, 0.2) is 34.9 Å². The van der Waals surface area contributed by atoms with Gasteiger partial charge in [0.2, 0.25) is 5.91 Å². The van der Waals surface area contributed by atoms with Crippen molar-refractivity contribution in [3.8, 4) is 5.75 Å². The van der Waals surface area contributed by atoms with Gasteiger partial charge in [0.1, 0.15) is 11.5 Å². The van der Waals surface area contributed by atoms with Crippen LogP contribution >= 0.6 is 0 Å². The van der Waals surface area contributed by atoms with Crippen molar-refractivity contribution >= 4 is 11.7 Å². The highest BCUT2D eigenvalue weighted by molar-refractivity contribution is 5.93. The number of nitrogens with one attached hydrogen (secondary N) is 1. The van der Waals surface area contributed by atoms with Crippen LogP contribution in [0.3, 0.4) is 0 Å². The minimum Gasteiger partial charge on any atom is -0.406 e. The number of aromatic nitrogens is 1. The first-order valence-corrected chi connectivity index (χ1v) is 7.43. The van der Waals surface area contributed by atoms with Crippen LogP contribution in [0, 0.1) is 6.92 Å². The Balaban J connectivity index is 1.91. The maximum atomic E-state index is 12.2. The van der Waals surface area contributed by atoms with Crippen LogP contribution in [0.5, 0.6) is 5.75 Å². The molecule has 1 amide bonds. The average molecular weight is 357 g/mol. The minimum atomic E-state index is -4.72. The number of alkyl halides is 3. The molecule has 0 aliphatic heterocycles. The van der Waals surface area contributed by atoms with Gasteiger partial charge >= 0.3 is 6.36 Å². The van der Waals surface area contributed by atoms with Crippen LogP contribution < -0.4 is 10.1 Å². The number of amides is 1. The zero-order valence-electron chi connectivity index (χ0n) is 13.9. The third-order valence-corrected chi connectivity index (χ3v) is 3.51. The highest BCUT2D eigenvalue weighted by Gasteiger charge is 2.31. The van der Waals surface area contributed by atoms with Gasteiger partial charge in [-0.05, 0) is 38.6 Å². The molecule has 2 aromatic rings. The molecule has 1 heterocycles. The number of carbonyl (C=O) groups is 1. The zero-order chi connectivity index (χ0) is 18.6. The molecule has 0 aliphatic carbocycles. The van der Waals surface area contributed by atoms with E-state index in [0.29, 0.717) is 18.1 Å². The Morgan fingerprint density at radius 1 is 1.36 bits per heavy atom. The molecule has 1 unspecified atom stereocenters. The lowest BCUT2D eigenvalue weighted by Gasteiger charge is -2.23. The van der Waals surface area contributed by atoms with Crippen LogP contribution in [0.1, 0.15) is 18.2 Å². The maximum Gasteiger partial charge on any atom is 0.573 e. The summed E-state index contributed by atoms with van der Waals surface area (Å²) in [4.78, 5) is 13.9. The largest absolute Gasteiger partial charge is 0.573 e. The summed E-state index contributed by atoms with van der Waals surface area (Å²) in [6, 6.07) is 6.62. The highest BCUT2D eigenvalue weighted by Crippen LogP contribution is 2.23. The van der Waals surface area contributed by atoms with Crippen LogP contribution in [-0.4, -0.2) is 35.4 Å². The van der Waals surface area contributed by atoms with E-state index >= 15 is 0 Å². The van der Waals surface area contributed by atoms with Crippen molar-refractivity contribution in [3.63, 3.8) is 0 Å². The Morgan fingerprint density at radius 3 is 2.52 bits per heavy atom. The Labute approximate surface area is 142 Å². The lowest BCUT2D eigenvalue weighted by Crippen LogP contribution is -2.39. The Kier molecular flexibility index (Phi) is 5.68. The summed E-state index contributed by atoms with van der Waals surface area (Å²) < 4.78 is 45.1. The molecule has 0 saturated carbocycles. The number of nitrogens with zero attached hydrogens (tertiary/aromatic N) is 2.